The Morgan fingerprint density at radius 3 is 3.00 bits per heavy atom. The van der Waals surface area contributed by atoms with Crippen LogP contribution in [0.5, 0.6) is 0 Å². The Labute approximate surface area is 112 Å². The standard InChI is InChI=1S/C13H20N2O2S/c1-9(2)12-14-10(8-18-12)7-15(3)13(16)11-5-4-6-17-11/h8-9,11H,4-7H2,1-3H3/t11-/m1/s1. The van der Waals surface area contributed by atoms with E-state index in [1.807, 2.05) is 12.4 Å². The van der Waals surface area contributed by atoms with Crippen LogP contribution in [0.15, 0.2) is 5.38 Å². The molecule has 1 aliphatic rings. The van der Waals surface area contributed by atoms with Gasteiger partial charge in [0.15, 0.2) is 0 Å². The normalized spacial score (nSPS) is 19.4. The number of ether oxygens (including phenoxy) is 1. The first kappa shape index (κ1) is 13.5. The zero-order chi connectivity index (χ0) is 13.1. The fourth-order valence-electron chi connectivity index (χ4n) is 2.00. The lowest BCUT2D eigenvalue weighted by atomic mass is 10.2. The maximum atomic E-state index is 12.1. The average molecular weight is 268 g/mol. The first-order valence-corrected chi connectivity index (χ1v) is 7.26. The second kappa shape index (κ2) is 5.80. The quantitative estimate of drug-likeness (QED) is 0.842. The summed E-state index contributed by atoms with van der Waals surface area (Å²) >= 11 is 1.66. The summed E-state index contributed by atoms with van der Waals surface area (Å²) in [4.78, 5) is 18.3. The van der Waals surface area contributed by atoms with Crippen LogP contribution < -0.4 is 0 Å². The number of carbonyl (C=O) groups is 1. The largest absolute Gasteiger partial charge is 0.368 e. The van der Waals surface area contributed by atoms with E-state index in [1.165, 1.54) is 0 Å². The molecule has 0 unspecified atom stereocenters. The number of aromatic nitrogens is 1. The number of rotatable bonds is 4. The zero-order valence-electron chi connectivity index (χ0n) is 11.2. The first-order chi connectivity index (χ1) is 8.58. The minimum Gasteiger partial charge on any atom is -0.368 e. The topological polar surface area (TPSA) is 42.4 Å². The van der Waals surface area contributed by atoms with Crippen molar-refractivity contribution in [2.45, 2.75) is 45.3 Å². The maximum Gasteiger partial charge on any atom is 0.251 e. The van der Waals surface area contributed by atoms with Crippen LogP contribution in [0.3, 0.4) is 0 Å². The molecule has 0 radical (unpaired) electrons. The van der Waals surface area contributed by atoms with Crippen molar-refractivity contribution in [1.82, 2.24) is 9.88 Å². The third kappa shape index (κ3) is 3.09. The monoisotopic (exact) mass is 268 g/mol. The predicted molar refractivity (Wildman–Crippen MR) is 71.7 cm³/mol. The molecular weight excluding hydrogens is 248 g/mol. The van der Waals surface area contributed by atoms with Crippen LogP contribution in [0.4, 0.5) is 0 Å². The molecule has 5 heteroatoms. The van der Waals surface area contributed by atoms with E-state index in [0.29, 0.717) is 19.1 Å². The molecule has 1 aromatic heterocycles. The maximum absolute atomic E-state index is 12.1. The van der Waals surface area contributed by atoms with Gasteiger partial charge in [0.2, 0.25) is 0 Å². The van der Waals surface area contributed by atoms with Crippen LogP contribution in [0.2, 0.25) is 0 Å². The van der Waals surface area contributed by atoms with Crippen LogP contribution in [0, 0.1) is 0 Å². The number of likely N-dealkylation sites (N-methyl/N-ethyl adjacent to an activating group) is 1. The lowest BCUT2D eigenvalue weighted by Crippen LogP contribution is -2.35. The van der Waals surface area contributed by atoms with Crippen molar-refractivity contribution in [2.75, 3.05) is 13.7 Å². The Hall–Kier alpha value is -0.940. The van der Waals surface area contributed by atoms with Crippen LogP contribution >= 0.6 is 11.3 Å². The van der Waals surface area contributed by atoms with Crippen molar-refractivity contribution in [2.24, 2.45) is 0 Å². The molecule has 4 nitrogen and oxygen atoms in total. The third-order valence-electron chi connectivity index (χ3n) is 3.04. The van der Waals surface area contributed by atoms with Crippen molar-refractivity contribution in [3.8, 4) is 0 Å². The molecule has 1 atom stereocenters. The second-order valence-corrected chi connectivity index (χ2v) is 5.92. The summed E-state index contributed by atoms with van der Waals surface area (Å²) in [5, 5.41) is 3.16. The smallest absolute Gasteiger partial charge is 0.251 e. The van der Waals surface area contributed by atoms with E-state index in [0.717, 1.165) is 23.5 Å². The zero-order valence-corrected chi connectivity index (χ0v) is 12.0. The summed E-state index contributed by atoms with van der Waals surface area (Å²) in [6.45, 7) is 5.54. The van der Waals surface area contributed by atoms with Gasteiger partial charge in [-0.05, 0) is 12.8 Å². The number of thiazole rings is 1. The van der Waals surface area contributed by atoms with Crippen LogP contribution in [0.25, 0.3) is 0 Å². The fraction of sp³-hybridized carbons (Fsp3) is 0.692. The SMILES string of the molecule is CC(C)c1nc(CN(C)C(=O)[C@H]2CCCO2)cs1. The summed E-state index contributed by atoms with van der Waals surface area (Å²) in [5.74, 6) is 0.523. The molecule has 18 heavy (non-hydrogen) atoms. The molecule has 2 heterocycles. The van der Waals surface area contributed by atoms with Crippen molar-refractivity contribution in [3.63, 3.8) is 0 Å². The molecule has 1 aromatic rings. The van der Waals surface area contributed by atoms with Crippen molar-refractivity contribution in [3.05, 3.63) is 16.1 Å². The molecular formula is C13H20N2O2S. The summed E-state index contributed by atoms with van der Waals surface area (Å²) < 4.78 is 5.41. The van der Waals surface area contributed by atoms with Gasteiger partial charge in [-0.2, -0.15) is 0 Å². The highest BCUT2D eigenvalue weighted by Crippen LogP contribution is 2.20. The van der Waals surface area contributed by atoms with E-state index in [9.17, 15) is 4.79 Å². The van der Waals surface area contributed by atoms with E-state index in [4.69, 9.17) is 4.74 Å². The van der Waals surface area contributed by atoms with E-state index >= 15 is 0 Å². The molecule has 0 bridgehead atoms. The Balaban J connectivity index is 1.93. The molecule has 1 saturated heterocycles. The molecule has 1 amide bonds. The summed E-state index contributed by atoms with van der Waals surface area (Å²) in [6, 6.07) is 0. The number of amides is 1. The number of hydrogen-bond acceptors (Lipinski definition) is 4. The van der Waals surface area contributed by atoms with Gasteiger partial charge in [0.05, 0.1) is 17.2 Å². The Kier molecular flexibility index (Phi) is 4.35. The highest BCUT2D eigenvalue weighted by atomic mass is 32.1. The van der Waals surface area contributed by atoms with Crippen LogP contribution in [-0.4, -0.2) is 35.5 Å². The van der Waals surface area contributed by atoms with Gasteiger partial charge in [-0.3, -0.25) is 4.79 Å². The number of hydrogen-bond donors (Lipinski definition) is 0. The predicted octanol–water partition coefficient (Wildman–Crippen LogP) is 2.40. The van der Waals surface area contributed by atoms with Crippen LogP contribution in [0.1, 0.15) is 43.3 Å². The van der Waals surface area contributed by atoms with E-state index in [2.05, 4.69) is 18.8 Å². The lowest BCUT2D eigenvalue weighted by Gasteiger charge is -2.19. The number of nitrogens with zero attached hydrogens (tertiary/aromatic N) is 2. The van der Waals surface area contributed by atoms with Crippen molar-refractivity contribution < 1.29 is 9.53 Å². The fourth-order valence-corrected chi connectivity index (χ4v) is 2.83. The molecule has 0 N–H and O–H groups in total. The molecule has 0 aliphatic carbocycles. The summed E-state index contributed by atoms with van der Waals surface area (Å²) in [5.41, 5.74) is 0.970. The van der Waals surface area contributed by atoms with E-state index < -0.39 is 0 Å². The highest BCUT2D eigenvalue weighted by Gasteiger charge is 2.26. The van der Waals surface area contributed by atoms with Gasteiger partial charge in [-0.15, -0.1) is 11.3 Å². The molecule has 1 aliphatic heterocycles. The highest BCUT2D eigenvalue weighted by molar-refractivity contribution is 7.09. The minimum absolute atomic E-state index is 0.0756. The molecule has 2 rings (SSSR count). The summed E-state index contributed by atoms with van der Waals surface area (Å²) in [7, 11) is 1.82. The number of carbonyl (C=O) groups excluding carboxylic acids is 1. The van der Waals surface area contributed by atoms with E-state index in [-0.39, 0.29) is 12.0 Å². The van der Waals surface area contributed by atoms with Gasteiger partial charge >= 0.3 is 0 Å². The molecule has 0 aromatic carbocycles. The molecule has 1 fully saturated rings. The Bertz CT molecular complexity index is 411. The Morgan fingerprint density at radius 1 is 1.67 bits per heavy atom. The van der Waals surface area contributed by atoms with Crippen molar-refractivity contribution in [1.29, 1.82) is 0 Å². The van der Waals surface area contributed by atoms with Gasteiger partial charge in [0.1, 0.15) is 6.10 Å². The second-order valence-electron chi connectivity index (χ2n) is 5.03. The van der Waals surface area contributed by atoms with Crippen molar-refractivity contribution >= 4 is 17.2 Å². The van der Waals surface area contributed by atoms with Crippen LogP contribution in [-0.2, 0) is 16.1 Å². The molecule has 0 saturated carbocycles. The van der Waals surface area contributed by atoms with Gasteiger partial charge in [-0.25, -0.2) is 4.98 Å². The molecule has 0 spiro atoms. The molecule has 100 valence electrons. The summed E-state index contributed by atoms with van der Waals surface area (Å²) in [6.07, 6.45) is 1.59. The van der Waals surface area contributed by atoms with Gasteiger partial charge < -0.3 is 9.64 Å². The first-order valence-electron chi connectivity index (χ1n) is 6.39. The third-order valence-corrected chi connectivity index (χ3v) is 4.24. The van der Waals surface area contributed by atoms with Gasteiger partial charge in [0, 0.05) is 25.0 Å². The van der Waals surface area contributed by atoms with Gasteiger partial charge in [-0.1, -0.05) is 13.8 Å². The average Bonchev–Trinajstić information content (AvgIpc) is 2.98. The van der Waals surface area contributed by atoms with Gasteiger partial charge in [0.25, 0.3) is 5.91 Å². The van der Waals surface area contributed by atoms with E-state index in [1.54, 1.807) is 16.2 Å². The minimum atomic E-state index is -0.238. The Morgan fingerprint density at radius 2 is 2.44 bits per heavy atom. The lowest BCUT2D eigenvalue weighted by molar-refractivity contribution is -0.140.